The molecule has 0 fully saturated rings. The molecule has 0 aliphatic carbocycles. The third-order valence-corrected chi connectivity index (χ3v) is 3.76. The van der Waals surface area contributed by atoms with Crippen molar-refractivity contribution in [2.45, 2.75) is 25.7 Å². The number of benzene rings is 1. The minimum Gasteiger partial charge on any atom is -0.481 e. The minimum atomic E-state index is -1.06. The van der Waals surface area contributed by atoms with Gasteiger partial charge in [-0.3, -0.25) is 14.9 Å². The van der Waals surface area contributed by atoms with Crippen molar-refractivity contribution in [2.24, 2.45) is 0 Å². The third-order valence-electron chi connectivity index (χ3n) is 3.27. The molecule has 1 N–H and O–H groups in total. The van der Waals surface area contributed by atoms with Crippen molar-refractivity contribution in [3.8, 4) is 0 Å². The molecule has 0 aliphatic rings. The normalized spacial score (nSPS) is 12.3. The number of pyridine rings is 1. The summed E-state index contributed by atoms with van der Waals surface area (Å²) in [6.45, 7) is 1.85. The van der Waals surface area contributed by atoms with Crippen molar-refractivity contribution in [3.05, 3.63) is 44.5 Å². The van der Waals surface area contributed by atoms with Gasteiger partial charge >= 0.3 is 5.97 Å². The number of carboxylic acids is 1. The van der Waals surface area contributed by atoms with Crippen LogP contribution in [0.2, 0.25) is 0 Å². The van der Waals surface area contributed by atoms with E-state index in [-0.39, 0.29) is 11.3 Å². The molecule has 1 unspecified atom stereocenters. The van der Waals surface area contributed by atoms with Gasteiger partial charge in [-0.2, -0.15) is 0 Å². The second-order valence-corrected chi connectivity index (χ2v) is 5.57. The maximum absolute atomic E-state index is 11.5. The number of rotatable bonds is 5. The zero-order valence-corrected chi connectivity index (χ0v) is 12.8. The zero-order valence-electron chi connectivity index (χ0n) is 11.2. The van der Waals surface area contributed by atoms with Crippen LogP contribution in [-0.4, -0.2) is 21.0 Å². The van der Waals surface area contributed by atoms with E-state index in [1.54, 1.807) is 18.2 Å². The summed E-state index contributed by atoms with van der Waals surface area (Å²) in [5, 5.41) is 21.2. The third kappa shape index (κ3) is 3.02. The van der Waals surface area contributed by atoms with Gasteiger partial charge in [-0.15, -0.1) is 0 Å². The Morgan fingerprint density at radius 3 is 2.81 bits per heavy atom. The number of nitro groups is 1. The average molecular weight is 353 g/mol. The molecule has 0 bridgehead atoms. The Balaban J connectivity index is 2.82. The Kier molecular flexibility index (Phi) is 4.52. The predicted octanol–water partition coefficient (Wildman–Crippen LogP) is 3.87. The summed E-state index contributed by atoms with van der Waals surface area (Å²) < 4.78 is 0.721. The fourth-order valence-corrected chi connectivity index (χ4v) is 2.73. The molecule has 0 spiro atoms. The maximum Gasteiger partial charge on any atom is 0.311 e. The Labute approximate surface area is 129 Å². The number of halogens is 1. The topological polar surface area (TPSA) is 93.3 Å². The molecule has 7 heteroatoms. The molecule has 21 heavy (non-hydrogen) atoms. The van der Waals surface area contributed by atoms with Gasteiger partial charge in [-0.25, -0.2) is 4.98 Å². The zero-order chi connectivity index (χ0) is 15.6. The first kappa shape index (κ1) is 15.4. The maximum atomic E-state index is 11.5. The molecule has 2 rings (SSSR count). The van der Waals surface area contributed by atoms with E-state index in [0.29, 0.717) is 23.7 Å². The molecule has 0 saturated carbocycles. The first-order valence-corrected chi connectivity index (χ1v) is 7.20. The number of carbonyl (C=O) groups is 1. The van der Waals surface area contributed by atoms with Crippen LogP contribution >= 0.6 is 15.9 Å². The highest BCUT2D eigenvalue weighted by Gasteiger charge is 2.30. The fourth-order valence-electron chi connectivity index (χ4n) is 2.37. The van der Waals surface area contributed by atoms with Gasteiger partial charge in [0.25, 0.3) is 5.69 Å². The minimum absolute atomic E-state index is 0.223. The summed E-state index contributed by atoms with van der Waals surface area (Å²) in [7, 11) is 0. The van der Waals surface area contributed by atoms with Crippen LogP contribution in [0.15, 0.2) is 28.9 Å². The van der Waals surface area contributed by atoms with Crippen molar-refractivity contribution in [1.82, 2.24) is 4.98 Å². The van der Waals surface area contributed by atoms with E-state index in [2.05, 4.69) is 20.9 Å². The number of aromatic nitrogens is 1. The molecule has 0 radical (unpaired) electrons. The summed E-state index contributed by atoms with van der Waals surface area (Å²) in [6, 6.07) is 5.15. The molecule has 2 aromatic rings. The molecule has 0 aliphatic heterocycles. The van der Waals surface area contributed by atoms with Gasteiger partial charge in [-0.1, -0.05) is 29.3 Å². The quantitative estimate of drug-likeness (QED) is 0.650. The van der Waals surface area contributed by atoms with Gasteiger partial charge in [0, 0.05) is 9.86 Å². The lowest BCUT2D eigenvalue weighted by molar-refractivity contribution is -0.385. The van der Waals surface area contributed by atoms with E-state index in [9.17, 15) is 20.0 Å². The molecule has 6 nitrogen and oxygen atoms in total. The second kappa shape index (κ2) is 6.17. The van der Waals surface area contributed by atoms with E-state index < -0.39 is 16.8 Å². The van der Waals surface area contributed by atoms with E-state index in [0.717, 1.165) is 10.7 Å². The van der Waals surface area contributed by atoms with Gasteiger partial charge in [0.2, 0.25) is 0 Å². The van der Waals surface area contributed by atoms with Gasteiger partial charge < -0.3 is 5.11 Å². The predicted molar refractivity (Wildman–Crippen MR) is 81.4 cm³/mol. The highest BCUT2D eigenvalue weighted by Crippen LogP contribution is 2.36. The fraction of sp³-hybridized carbons (Fsp3) is 0.286. The summed E-state index contributed by atoms with van der Waals surface area (Å²) in [5.74, 6) is -1.98. The average Bonchev–Trinajstić information content (AvgIpc) is 2.43. The van der Waals surface area contributed by atoms with E-state index in [4.69, 9.17) is 0 Å². The Hall–Kier alpha value is -2.02. The lowest BCUT2D eigenvalue weighted by atomic mass is 9.90. The summed E-state index contributed by atoms with van der Waals surface area (Å²) in [5.41, 5.74) is 0.517. The monoisotopic (exact) mass is 352 g/mol. The van der Waals surface area contributed by atoms with Crippen LogP contribution in [-0.2, 0) is 4.79 Å². The lowest BCUT2D eigenvalue weighted by Crippen LogP contribution is -2.14. The number of aliphatic carboxylic acids is 1. The van der Waals surface area contributed by atoms with Crippen molar-refractivity contribution in [1.29, 1.82) is 0 Å². The SMILES string of the molecule is CCCC(C(=O)O)c1c([N+](=O)[O-])cnc2ccc(Br)cc12. The van der Waals surface area contributed by atoms with Crippen molar-refractivity contribution in [2.75, 3.05) is 0 Å². The molecular weight excluding hydrogens is 340 g/mol. The standard InChI is InChI=1S/C14H13BrN2O4/c1-2-3-9(14(18)19)13-10-6-8(15)4-5-11(10)16-7-12(13)17(20)21/h4-7,9H,2-3H2,1H3,(H,18,19). The van der Waals surface area contributed by atoms with Crippen LogP contribution in [0.5, 0.6) is 0 Å². The van der Waals surface area contributed by atoms with Crippen molar-refractivity contribution >= 4 is 38.5 Å². The second-order valence-electron chi connectivity index (χ2n) is 4.66. The highest BCUT2D eigenvalue weighted by molar-refractivity contribution is 9.10. The molecule has 1 aromatic carbocycles. The number of nitrogens with zero attached hydrogens (tertiary/aromatic N) is 2. The van der Waals surface area contributed by atoms with Crippen LogP contribution < -0.4 is 0 Å². The number of hydrogen-bond acceptors (Lipinski definition) is 4. The molecule has 1 heterocycles. The number of fused-ring (bicyclic) bond motifs is 1. The van der Waals surface area contributed by atoms with Crippen LogP contribution in [0.1, 0.15) is 31.2 Å². The molecule has 1 atom stereocenters. The molecule has 0 amide bonds. The van der Waals surface area contributed by atoms with E-state index in [1.807, 2.05) is 6.92 Å². The Morgan fingerprint density at radius 2 is 2.24 bits per heavy atom. The van der Waals surface area contributed by atoms with Crippen molar-refractivity contribution < 1.29 is 14.8 Å². The Morgan fingerprint density at radius 1 is 1.52 bits per heavy atom. The first-order valence-electron chi connectivity index (χ1n) is 6.41. The summed E-state index contributed by atoms with van der Waals surface area (Å²) >= 11 is 3.31. The van der Waals surface area contributed by atoms with E-state index >= 15 is 0 Å². The molecule has 110 valence electrons. The van der Waals surface area contributed by atoms with Crippen molar-refractivity contribution in [3.63, 3.8) is 0 Å². The molecular formula is C14H13BrN2O4. The molecule has 0 saturated heterocycles. The van der Waals surface area contributed by atoms with Gasteiger partial charge in [0.05, 0.1) is 21.9 Å². The highest BCUT2D eigenvalue weighted by atomic mass is 79.9. The van der Waals surface area contributed by atoms with Crippen LogP contribution in [0.3, 0.4) is 0 Å². The number of carboxylic acid groups (broad SMARTS) is 1. The van der Waals surface area contributed by atoms with Crippen LogP contribution in [0.4, 0.5) is 5.69 Å². The Bertz CT molecular complexity index is 717. The van der Waals surface area contributed by atoms with Crippen LogP contribution in [0.25, 0.3) is 10.9 Å². The van der Waals surface area contributed by atoms with Gasteiger partial charge in [-0.05, 0) is 24.6 Å². The van der Waals surface area contributed by atoms with Crippen LogP contribution in [0, 0.1) is 10.1 Å². The van der Waals surface area contributed by atoms with Gasteiger partial charge in [0.1, 0.15) is 6.20 Å². The number of hydrogen-bond donors (Lipinski definition) is 1. The first-order chi connectivity index (χ1) is 9.95. The lowest BCUT2D eigenvalue weighted by Gasteiger charge is -2.14. The van der Waals surface area contributed by atoms with E-state index in [1.165, 1.54) is 0 Å². The van der Waals surface area contributed by atoms with Gasteiger partial charge in [0.15, 0.2) is 0 Å². The smallest absolute Gasteiger partial charge is 0.311 e. The molecule has 1 aromatic heterocycles. The largest absolute Gasteiger partial charge is 0.481 e. The summed E-state index contributed by atoms with van der Waals surface area (Å²) in [6.07, 6.45) is 2.09. The summed E-state index contributed by atoms with van der Waals surface area (Å²) in [4.78, 5) is 26.3.